The van der Waals surface area contributed by atoms with Gasteiger partial charge in [0.2, 0.25) is 5.60 Å². The lowest BCUT2D eigenvalue weighted by molar-refractivity contribution is -0.0832. The molecule has 1 aromatic heterocycles. The molecule has 6 atom stereocenters. The first-order chi connectivity index (χ1) is 14.0. The first-order valence-electron chi connectivity index (χ1n) is 7.53. The van der Waals surface area contributed by atoms with Crippen molar-refractivity contribution < 1.29 is 61.4 Å². The van der Waals surface area contributed by atoms with Gasteiger partial charge < -0.3 is 40.3 Å². The average Bonchev–Trinajstić information content (AvgIpc) is 2.82. The van der Waals surface area contributed by atoms with Crippen LogP contribution in [0.1, 0.15) is 6.23 Å². The van der Waals surface area contributed by atoms with Crippen molar-refractivity contribution in [3.8, 4) is 12.3 Å². The van der Waals surface area contributed by atoms with Crippen molar-refractivity contribution in [2.24, 2.45) is 0 Å². The normalized spacial score (nSPS) is 30.3. The summed E-state index contributed by atoms with van der Waals surface area (Å²) in [6, 6.07) is 0. The Kier molecular flexibility index (Phi) is 7.28. The Hall–Kier alpha value is -1.54. The Morgan fingerprint density at radius 2 is 1.87 bits per heavy atom. The molecule has 1 saturated heterocycles. The molecule has 18 nitrogen and oxygen atoms in total. The second-order valence-electron chi connectivity index (χ2n) is 5.74. The molecule has 2 heterocycles. The zero-order valence-electron chi connectivity index (χ0n) is 14.8. The quantitative estimate of drug-likeness (QED) is 0.138. The molecule has 3 unspecified atom stereocenters. The smallest absolute Gasteiger partial charge is 0.386 e. The summed E-state index contributed by atoms with van der Waals surface area (Å²) in [7, 11) is -16.9. The largest absolute Gasteiger partial charge is 0.490 e. The highest BCUT2D eigenvalue weighted by molar-refractivity contribution is 7.66. The first kappa shape index (κ1) is 25.7. The van der Waals surface area contributed by atoms with Gasteiger partial charge in [0.1, 0.15) is 18.0 Å². The maximum atomic E-state index is 11.9. The van der Waals surface area contributed by atoms with E-state index < -0.39 is 59.8 Å². The van der Waals surface area contributed by atoms with E-state index >= 15 is 0 Å². The number of hydrogen-bond donors (Lipinski definition) is 7. The van der Waals surface area contributed by atoms with Gasteiger partial charge in [0, 0.05) is 0 Å². The van der Waals surface area contributed by atoms with E-state index in [0.717, 1.165) is 6.20 Å². The van der Waals surface area contributed by atoms with Crippen LogP contribution < -0.4 is 11.4 Å². The van der Waals surface area contributed by atoms with Crippen molar-refractivity contribution in [3.05, 3.63) is 16.7 Å². The van der Waals surface area contributed by atoms with Gasteiger partial charge in [-0.2, -0.15) is 23.4 Å². The minimum Gasteiger partial charge on any atom is -0.386 e. The summed E-state index contributed by atoms with van der Waals surface area (Å²) < 4.78 is 50.6. The molecule has 21 heteroatoms. The molecule has 0 bridgehead atoms. The van der Waals surface area contributed by atoms with Crippen LogP contribution in [0.2, 0.25) is 0 Å². The predicted molar refractivity (Wildman–Crippen MR) is 94.2 cm³/mol. The highest BCUT2D eigenvalue weighted by atomic mass is 31.3. The molecule has 0 aromatic carbocycles. The van der Waals surface area contributed by atoms with E-state index in [-0.39, 0.29) is 5.82 Å². The van der Waals surface area contributed by atoms with Crippen LogP contribution in [-0.2, 0) is 31.6 Å². The summed E-state index contributed by atoms with van der Waals surface area (Å²) in [4.78, 5) is 50.7. The fourth-order valence-corrected chi connectivity index (χ4v) is 5.33. The number of ether oxygens (including phenoxy) is 1. The Bertz CT molecular complexity index is 1080. The van der Waals surface area contributed by atoms with Crippen LogP contribution in [0.3, 0.4) is 0 Å². The highest BCUT2D eigenvalue weighted by Gasteiger charge is 2.57. The number of nitrogens with zero attached hydrogens (tertiary/aromatic N) is 3. The molecular weight excluding hydrogens is 493 g/mol. The summed E-state index contributed by atoms with van der Waals surface area (Å²) >= 11 is 0. The van der Waals surface area contributed by atoms with Crippen molar-refractivity contribution in [2.45, 2.75) is 24.0 Å². The molecule has 1 aromatic rings. The van der Waals surface area contributed by atoms with E-state index in [1.54, 1.807) is 5.92 Å². The zero-order valence-corrected chi connectivity index (χ0v) is 17.5. The number of phosphoric acid groups is 3. The van der Waals surface area contributed by atoms with Crippen LogP contribution in [0.25, 0.3) is 0 Å². The van der Waals surface area contributed by atoms with Gasteiger partial charge in [0.25, 0.3) is 0 Å². The van der Waals surface area contributed by atoms with Gasteiger partial charge in [-0.05, 0) is 0 Å². The summed E-state index contributed by atoms with van der Waals surface area (Å²) in [6.07, 6.45) is 0.401. The lowest BCUT2D eigenvalue weighted by Gasteiger charge is -2.25. The maximum Gasteiger partial charge on any atom is 0.490 e. The zero-order chi connectivity index (χ0) is 23.8. The molecule has 0 aliphatic carbocycles. The van der Waals surface area contributed by atoms with E-state index in [1.165, 1.54) is 0 Å². The lowest BCUT2D eigenvalue weighted by atomic mass is 9.95. The van der Waals surface area contributed by atoms with Crippen LogP contribution >= 0.6 is 23.5 Å². The molecule has 2 rings (SSSR count). The molecule has 8 N–H and O–H groups in total. The molecule has 0 saturated carbocycles. The van der Waals surface area contributed by atoms with Crippen molar-refractivity contribution in [3.63, 3.8) is 0 Å². The Labute approximate surface area is 171 Å². The fourth-order valence-electron chi connectivity index (χ4n) is 2.30. The molecule has 1 fully saturated rings. The number of aliphatic hydroxyl groups excluding tert-OH is 1. The number of rotatable bonds is 8. The SMILES string of the molecule is C#C[C@@]1(O)C(O)[C@@H](COP(=O)(O)OP(=O)(O)OP(=O)(O)O)O[C@H]1n1ncc(N)nc1=O. The molecule has 31 heavy (non-hydrogen) atoms. The molecule has 1 aliphatic rings. The number of terminal acetylenes is 1. The third-order valence-corrected chi connectivity index (χ3v) is 7.29. The van der Waals surface area contributed by atoms with Crippen LogP contribution in [-0.4, -0.2) is 69.0 Å². The number of aliphatic hydroxyl groups is 2. The van der Waals surface area contributed by atoms with Gasteiger partial charge in [-0.15, -0.1) is 6.42 Å². The topological polar surface area (TPSA) is 283 Å². The van der Waals surface area contributed by atoms with Gasteiger partial charge in [-0.1, -0.05) is 5.92 Å². The molecule has 1 aliphatic heterocycles. The molecule has 174 valence electrons. The molecule has 0 amide bonds. The van der Waals surface area contributed by atoms with Crippen LogP contribution in [0.5, 0.6) is 0 Å². The first-order valence-corrected chi connectivity index (χ1v) is 12.0. The Balaban J connectivity index is 2.18. The van der Waals surface area contributed by atoms with Gasteiger partial charge in [-0.3, -0.25) is 4.52 Å². The third-order valence-electron chi connectivity index (χ3n) is 3.49. The van der Waals surface area contributed by atoms with Gasteiger partial charge in [-0.25, -0.2) is 18.5 Å². The molecular formula is C10H15N4O14P3. The Morgan fingerprint density at radius 3 is 2.39 bits per heavy atom. The van der Waals surface area contributed by atoms with E-state index in [0.29, 0.717) is 4.68 Å². The molecule has 0 radical (unpaired) electrons. The van der Waals surface area contributed by atoms with E-state index in [9.17, 15) is 33.6 Å². The minimum absolute atomic E-state index is 0.284. The van der Waals surface area contributed by atoms with E-state index in [2.05, 4.69) is 23.2 Å². The second-order valence-corrected chi connectivity index (χ2v) is 10.2. The standard InChI is InChI=1S/C10H15N4O14P3/c1-2-10(17)7(15)5(26-8(10)14-9(16)13-6(11)3-12-14)4-25-30(21,22)28-31(23,24)27-29(18,19)20/h1,3,5,7-8,15,17H,4H2,(H,21,22)(H,23,24)(H2,11,13,16)(H2,18,19,20)/t5-,7?,8-,10-/m1/s1. The van der Waals surface area contributed by atoms with Crippen LogP contribution in [0.4, 0.5) is 5.82 Å². The highest BCUT2D eigenvalue weighted by Crippen LogP contribution is 2.66. The van der Waals surface area contributed by atoms with Crippen molar-refractivity contribution in [1.82, 2.24) is 14.8 Å². The monoisotopic (exact) mass is 508 g/mol. The van der Waals surface area contributed by atoms with Gasteiger partial charge in [0.05, 0.1) is 12.8 Å². The number of phosphoric ester groups is 1. The van der Waals surface area contributed by atoms with Crippen LogP contribution in [0.15, 0.2) is 11.0 Å². The van der Waals surface area contributed by atoms with Crippen LogP contribution in [0, 0.1) is 12.3 Å². The van der Waals surface area contributed by atoms with Crippen molar-refractivity contribution in [2.75, 3.05) is 12.3 Å². The lowest BCUT2D eigenvalue weighted by Crippen LogP contribution is -2.48. The van der Waals surface area contributed by atoms with Gasteiger partial charge >= 0.3 is 29.2 Å². The summed E-state index contributed by atoms with van der Waals surface area (Å²) in [5.41, 5.74) is 1.52. The number of hydrogen-bond acceptors (Lipinski definition) is 13. The van der Waals surface area contributed by atoms with E-state index in [1.807, 2.05) is 0 Å². The Morgan fingerprint density at radius 1 is 1.26 bits per heavy atom. The summed E-state index contributed by atoms with van der Waals surface area (Å²) in [5, 5.41) is 24.3. The predicted octanol–water partition coefficient (Wildman–Crippen LogP) is -2.81. The molecule has 0 spiro atoms. The number of nitrogen functional groups attached to an aromatic ring is 1. The number of aromatic nitrogens is 3. The van der Waals surface area contributed by atoms with Gasteiger partial charge in [0.15, 0.2) is 6.23 Å². The average molecular weight is 508 g/mol. The number of nitrogens with two attached hydrogens (primary N) is 1. The third kappa shape index (κ3) is 6.25. The fraction of sp³-hybridized carbons (Fsp3) is 0.500. The second kappa shape index (κ2) is 8.77. The maximum absolute atomic E-state index is 11.9. The van der Waals surface area contributed by atoms with E-state index in [4.69, 9.17) is 31.6 Å². The summed E-state index contributed by atoms with van der Waals surface area (Å²) in [5.74, 6) is 1.50. The number of anilines is 1. The minimum atomic E-state index is -5.78. The van der Waals surface area contributed by atoms with Crippen molar-refractivity contribution in [1.29, 1.82) is 0 Å². The summed E-state index contributed by atoms with van der Waals surface area (Å²) in [6.45, 7) is -1.15. The van der Waals surface area contributed by atoms with Crippen molar-refractivity contribution >= 4 is 29.3 Å².